The van der Waals surface area contributed by atoms with E-state index in [-0.39, 0.29) is 13.2 Å². The van der Waals surface area contributed by atoms with E-state index in [9.17, 15) is 0 Å². The van der Waals surface area contributed by atoms with Crippen molar-refractivity contribution in [2.75, 3.05) is 52.7 Å². The van der Waals surface area contributed by atoms with Crippen LogP contribution in [0.4, 0.5) is 0 Å². The van der Waals surface area contributed by atoms with Gasteiger partial charge in [-0.25, -0.2) is 0 Å². The molecule has 0 aliphatic carbocycles. The maximum Gasteiger partial charge on any atom is 0.135 e. The van der Waals surface area contributed by atoms with Crippen LogP contribution in [0.3, 0.4) is 0 Å². The van der Waals surface area contributed by atoms with Gasteiger partial charge in [-0.05, 0) is 89.6 Å². The molecule has 78 heavy (non-hydrogen) atoms. The highest BCUT2D eigenvalue weighted by Crippen LogP contribution is 2.54. The Morgan fingerprint density at radius 3 is 0.769 bits per heavy atom. The molecular formula is C72H57NO5. The van der Waals surface area contributed by atoms with E-state index in [0.29, 0.717) is 39.5 Å². The zero-order valence-electron chi connectivity index (χ0n) is 43.3. The van der Waals surface area contributed by atoms with Crippen molar-refractivity contribution in [2.24, 2.45) is 0 Å². The van der Waals surface area contributed by atoms with Crippen molar-refractivity contribution in [1.29, 1.82) is 0 Å². The molecule has 13 rings (SSSR count). The summed E-state index contributed by atoms with van der Waals surface area (Å²) in [4.78, 5) is 0. The van der Waals surface area contributed by atoms with E-state index in [2.05, 4.69) is 248 Å². The van der Waals surface area contributed by atoms with Crippen LogP contribution in [0, 0.1) is 0 Å². The highest BCUT2D eigenvalue weighted by atomic mass is 16.5. The number of nitrogens with one attached hydrogen (secondary N) is 1. The van der Waals surface area contributed by atoms with Crippen molar-refractivity contribution < 1.29 is 23.7 Å². The first-order valence-corrected chi connectivity index (χ1v) is 27.0. The smallest absolute Gasteiger partial charge is 0.135 e. The van der Waals surface area contributed by atoms with Crippen LogP contribution in [0.25, 0.3) is 110 Å². The first kappa shape index (κ1) is 48.4. The molecule has 6 heteroatoms. The lowest BCUT2D eigenvalue weighted by Crippen LogP contribution is -2.26. The zero-order valence-corrected chi connectivity index (χ0v) is 43.3. The molecule has 0 amide bonds. The van der Waals surface area contributed by atoms with Crippen LogP contribution in [0.1, 0.15) is 0 Å². The van der Waals surface area contributed by atoms with E-state index in [4.69, 9.17) is 23.7 Å². The minimum absolute atomic E-state index is 0.289. The molecule has 1 aliphatic heterocycles. The molecule has 0 fully saturated rings. The second-order valence-electron chi connectivity index (χ2n) is 19.6. The number of rotatable bonds is 4. The summed E-state index contributed by atoms with van der Waals surface area (Å²) in [6, 6.07) is 85.7. The van der Waals surface area contributed by atoms with Crippen molar-refractivity contribution in [3.8, 4) is 89.8 Å². The van der Waals surface area contributed by atoms with E-state index >= 15 is 0 Å². The van der Waals surface area contributed by atoms with E-state index in [1.165, 1.54) is 0 Å². The summed E-state index contributed by atoms with van der Waals surface area (Å²) in [6.07, 6.45) is 0. The van der Waals surface area contributed by atoms with E-state index < -0.39 is 0 Å². The van der Waals surface area contributed by atoms with Crippen LogP contribution in [0.2, 0.25) is 0 Å². The lowest BCUT2D eigenvalue weighted by molar-refractivity contribution is 0.0770. The standard InChI is InChI=1S/C72H57NO5/c1-5-21-49(22-6-1)61-45-53-29-13-17-33-57(53)65-67-59-35-19-15-31-55(59)47-63(51-25-9-3-10-26-51)71(67)77-43-41-74-42-44-78-72-64(52-27-11-4-12-28-52)48-56-32-16-20-36-60(56)68(72)66-58-34-18-14-30-54(58)46-62(50-23-7-2-8-24-50)70(66)76-40-38-73-37-39-75-69(61)65/h1-36,45-48,73H,37-44H2. The molecule has 12 aromatic rings. The third kappa shape index (κ3) is 9.47. The van der Waals surface area contributed by atoms with Crippen molar-refractivity contribution in [1.82, 2.24) is 5.32 Å². The molecule has 6 nitrogen and oxygen atoms in total. The van der Waals surface area contributed by atoms with Gasteiger partial charge in [0.05, 0.1) is 13.2 Å². The Balaban J connectivity index is 0.975. The summed E-state index contributed by atoms with van der Waals surface area (Å²) >= 11 is 0. The van der Waals surface area contributed by atoms with Crippen LogP contribution >= 0.6 is 0 Å². The van der Waals surface area contributed by atoms with Gasteiger partial charge in [0.15, 0.2) is 0 Å². The van der Waals surface area contributed by atoms with Gasteiger partial charge in [-0.2, -0.15) is 0 Å². The largest absolute Gasteiger partial charge is 0.491 e. The molecule has 1 heterocycles. The lowest BCUT2D eigenvalue weighted by atomic mass is 9.86. The van der Waals surface area contributed by atoms with Crippen LogP contribution in [0.5, 0.6) is 23.0 Å². The van der Waals surface area contributed by atoms with Gasteiger partial charge in [-0.1, -0.05) is 218 Å². The summed E-state index contributed by atoms with van der Waals surface area (Å²) in [5, 5.41) is 12.4. The number of hydrogen-bond acceptors (Lipinski definition) is 6. The average Bonchev–Trinajstić information content (AvgIpc) is 3.65. The minimum atomic E-state index is 0.289. The number of benzene rings is 12. The van der Waals surface area contributed by atoms with Crippen LogP contribution in [-0.4, -0.2) is 52.7 Å². The highest BCUT2D eigenvalue weighted by Gasteiger charge is 2.28. The fraction of sp³-hybridized carbons (Fsp3) is 0.111. The Morgan fingerprint density at radius 2 is 0.487 bits per heavy atom. The van der Waals surface area contributed by atoms with Gasteiger partial charge in [0, 0.05) is 57.6 Å². The van der Waals surface area contributed by atoms with Gasteiger partial charge < -0.3 is 29.0 Å². The molecule has 0 saturated carbocycles. The van der Waals surface area contributed by atoms with Crippen LogP contribution < -0.4 is 24.3 Å². The fourth-order valence-corrected chi connectivity index (χ4v) is 11.3. The Bertz CT molecular complexity index is 3560. The molecule has 0 bridgehead atoms. The molecule has 0 unspecified atom stereocenters. The first-order chi connectivity index (χ1) is 38.8. The number of hydrogen-bond donors (Lipinski definition) is 1. The summed E-state index contributed by atoms with van der Waals surface area (Å²) in [5.74, 6) is 3.13. The van der Waals surface area contributed by atoms with Gasteiger partial charge >= 0.3 is 0 Å². The van der Waals surface area contributed by atoms with Crippen molar-refractivity contribution in [3.05, 3.63) is 243 Å². The maximum absolute atomic E-state index is 7.26. The third-order valence-electron chi connectivity index (χ3n) is 14.8. The second-order valence-corrected chi connectivity index (χ2v) is 19.6. The molecule has 0 radical (unpaired) electrons. The second kappa shape index (κ2) is 22.2. The summed E-state index contributed by atoms with van der Waals surface area (Å²) in [7, 11) is 0. The summed E-state index contributed by atoms with van der Waals surface area (Å²) < 4.78 is 35.5. The Kier molecular flexibility index (Phi) is 13.8. The van der Waals surface area contributed by atoms with E-state index in [0.717, 1.165) is 133 Å². The molecule has 1 N–H and O–H groups in total. The quantitative estimate of drug-likeness (QED) is 0.190. The Hall–Kier alpha value is -9.20. The highest BCUT2D eigenvalue weighted by molar-refractivity contribution is 6.16. The summed E-state index contributed by atoms with van der Waals surface area (Å²) in [6.45, 7) is 3.12. The molecule has 0 spiro atoms. The predicted octanol–water partition coefficient (Wildman–Crippen LogP) is 17.1. The molecule has 380 valence electrons. The molecule has 0 atom stereocenters. The average molecular weight is 1020 g/mol. The lowest BCUT2D eigenvalue weighted by Gasteiger charge is -2.25. The van der Waals surface area contributed by atoms with Gasteiger partial charge in [-0.15, -0.1) is 0 Å². The Labute approximate surface area is 455 Å². The topological polar surface area (TPSA) is 58.2 Å². The molecule has 0 saturated heterocycles. The molecule has 1 aliphatic rings. The van der Waals surface area contributed by atoms with Crippen LogP contribution in [-0.2, 0) is 4.74 Å². The SMILES string of the molecule is c1ccc(-c2cc3ccccc3c3c2OCCNCCOc2c(-c4ccccc4)cc4ccccc4c2-c2c(c(-c4ccccc4)cc4ccccc24)OCCOCCOc2c(-c4ccccc4)cc4ccccc4c2-3)cc1. The normalized spacial score (nSPS) is 13.5. The molecule has 0 aromatic heterocycles. The maximum atomic E-state index is 7.26. The predicted molar refractivity (Wildman–Crippen MR) is 321 cm³/mol. The monoisotopic (exact) mass is 1020 g/mol. The van der Waals surface area contributed by atoms with E-state index in [1.807, 2.05) is 0 Å². The third-order valence-corrected chi connectivity index (χ3v) is 14.8. The number of ether oxygens (including phenoxy) is 5. The summed E-state index contributed by atoms with van der Waals surface area (Å²) in [5.41, 5.74) is 12.1. The van der Waals surface area contributed by atoms with Gasteiger partial charge in [-0.3, -0.25) is 0 Å². The zero-order chi connectivity index (χ0) is 52.0. The van der Waals surface area contributed by atoms with E-state index in [1.54, 1.807) is 0 Å². The minimum Gasteiger partial charge on any atom is -0.491 e. The Morgan fingerprint density at radius 1 is 0.244 bits per heavy atom. The van der Waals surface area contributed by atoms with Crippen molar-refractivity contribution in [3.63, 3.8) is 0 Å². The van der Waals surface area contributed by atoms with Gasteiger partial charge in [0.25, 0.3) is 0 Å². The molecule has 12 aromatic carbocycles. The first-order valence-electron chi connectivity index (χ1n) is 27.0. The fourth-order valence-electron chi connectivity index (χ4n) is 11.3. The van der Waals surface area contributed by atoms with Crippen molar-refractivity contribution >= 4 is 43.1 Å². The van der Waals surface area contributed by atoms with Gasteiger partial charge in [0.2, 0.25) is 0 Å². The number of fused-ring (bicyclic) bond motifs is 14. The molecular weight excluding hydrogens is 959 g/mol. The van der Waals surface area contributed by atoms with Gasteiger partial charge in [0.1, 0.15) is 49.4 Å². The van der Waals surface area contributed by atoms with Crippen LogP contribution in [0.15, 0.2) is 243 Å². The van der Waals surface area contributed by atoms with Crippen molar-refractivity contribution in [2.45, 2.75) is 0 Å².